The quantitative estimate of drug-likeness (QED) is 0.751. The zero-order chi connectivity index (χ0) is 12.6. The number of hydrogen-bond acceptors (Lipinski definition) is 1. The first-order chi connectivity index (χ1) is 8.88. The van der Waals surface area contributed by atoms with Gasteiger partial charge in [0, 0.05) is 0 Å². The van der Waals surface area contributed by atoms with Crippen molar-refractivity contribution in [3.63, 3.8) is 0 Å². The Kier molecular flexibility index (Phi) is 5.47. The van der Waals surface area contributed by atoms with Crippen LogP contribution in [0.25, 0.3) is 6.08 Å². The van der Waals surface area contributed by atoms with Crippen LogP contribution in [0.15, 0.2) is 30.8 Å². The molecule has 1 aromatic rings. The summed E-state index contributed by atoms with van der Waals surface area (Å²) >= 11 is 0. The molecule has 1 nitrogen and oxygen atoms in total. The van der Waals surface area contributed by atoms with Crippen molar-refractivity contribution in [2.24, 2.45) is 0 Å². The highest BCUT2D eigenvalue weighted by atomic mass is 15.1. The Morgan fingerprint density at radius 1 is 1.00 bits per heavy atom. The minimum atomic E-state index is 1.20. The first-order valence-corrected chi connectivity index (χ1v) is 7.32. The molecule has 98 valence electrons. The highest BCUT2D eigenvalue weighted by Gasteiger charge is 2.07. The third-order valence-corrected chi connectivity index (χ3v) is 3.85. The molecule has 0 aromatic heterocycles. The van der Waals surface area contributed by atoms with E-state index in [0.29, 0.717) is 0 Å². The second kappa shape index (κ2) is 7.38. The van der Waals surface area contributed by atoms with Crippen molar-refractivity contribution < 1.29 is 0 Å². The van der Waals surface area contributed by atoms with E-state index in [9.17, 15) is 0 Å². The molecule has 0 atom stereocenters. The average molecular weight is 243 g/mol. The fourth-order valence-corrected chi connectivity index (χ4v) is 2.69. The van der Waals surface area contributed by atoms with Gasteiger partial charge in [-0.2, -0.15) is 0 Å². The number of hydrogen-bond donors (Lipinski definition) is 0. The van der Waals surface area contributed by atoms with Gasteiger partial charge in [0.1, 0.15) is 0 Å². The van der Waals surface area contributed by atoms with Crippen LogP contribution in [-0.2, 0) is 6.42 Å². The second-order valence-corrected chi connectivity index (χ2v) is 5.31. The molecule has 1 heteroatoms. The molecule has 1 aromatic carbocycles. The second-order valence-electron chi connectivity index (χ2n) is 5.31. The predicted octanol–water partition coefficient (Wildman–Crippen LogP) is 4.14. The minimum absolute atomic E-state index is 1.20. The Balaban J connectivity index is 1.71. The van der Waals surface area contributed by atoms with Crippen LogP contribution in [0.5, 0.6) is 0 Å². The minimum Gasteiger partial charge on any atom is -0.303 e. The Morgan fingerprint density at radius 3 is 2.28 bits per heavy atom. The molecule has 1 aliphatic heterocycles. The van der Waals surface area contributed by atoms with E-state index in [0.717, 1.165) is 0 Å². The molecule has 1 fully saturated rings. The molecule has 1 saturated heterocycles. The van der Waals surface area contributed by atoms with E-state index in [1.54, 1.807) is 0 Å². The van der Waals surface area contributed by atoms with Gasteiger partial charge in [-0.05, 0) is 56.4 Å². The van der Waals surface area contributed by atoms with E-state index in [4.69, 9.17) is 0 Å². The molecule has 0 bridgehead atoms. The molecule has 0 aliphatic carbocycles. The summed E-state index contributed by atoms with van der Waals surface area (Å²) in [7, 11) is 0. The van der Waals surface area contributed by atoms with Crippen LogP contribution in [0.1, 0.15) is 43.2 Å². The fraction of sp³-hybridized carbons (Fsp3) is 0.529. The number of rotatable bonds is 5. The molecule has 0 saturated carbocycles. The smallest absolute Gasteiger partial charge is 0.00156 e. The van der Waals surface area contributed by atoms with Crippen molar-refractivity contribution in [2.75, 3.05) is 19.6 Å². The lowest BCUT2D eigenvalue weighted by molar-refractivity contribution is 0.281. The maximum Gasteiger partial charge on any atom is -0.00156 e. The Morgan fingerprint density at radius 2 is 1.67 bits per heavy atom. The maximum atomic E-state index is 3.79. The lowest BCUT2D eigenvalue weighted by Crippen LogP contribution is -2.26. The van der Waals surface area contributed by atoms with Gasteiger partial charge in [-0.15, -0.1) is 0 Å². The molecule has 0 N–H and O–H groups in total. The van der Waals surface area contributed by atoms with Gasteiger partial charge < -0.3 is 4.90 Å². The van der Waals surface area contributed by atoms with Gasteiger partial charge in [0.15, 0.2) is 0 Å². The number of aryl methyl sites for hydroxylation is 1. The average Bonchev–Trinajstić information content (AvgIpc) is 2.68. The van der Waals surface area contributed by atoms with Crippen molar-refractivity contribution in [3.8, 4) is 0 Å². The SMILES string of the molecule is C=Cc1ccc(CCCN2CCCCCC2)cc1. The van der Waals surface area contributed by atoms with E-state index in [2.05, 4.69) is 35.7 Å². The van der Waals surface area contributed by atoms with Crippen molar-refractivity contribution in [2.45, 2.75) is 38.5 Å². The van der Waals surface area contributed by atoms with Gasteiger partial charge in [-0.3, -0.25) is 0 Å². The van der Waals surface area contributed by atoms with Crippen LogP contribution in [0.4, 0.5) is 0 Å². The topological polar surface area (TPSA) is 3.24 Å². The van der Waals surface area contributed by atoms with E-state index < -0.39 is 0 Å². The molecular weight excluding hydrogens is 218 g/mol. The predicted molar refractivity (Wildman–Crippen MR) is 79.8 cm³/mol. The molecule has 0 spiro atoms. The van der Waals surface area contributed by atoms with Gasteiger partial charge in [0.25, 0.3) is 0 Å². The zero-order valence-electron chi connectivity index (χ0n) is 11.4. The van der Waals surface area contributed by atoms with Gasteiger partial charge in [-0.25, -0.2) is 0 Å². The molecule has 2 rings (SSSR count). The van der Waals surface area contributed by atoms with E-state index >= 15 is 0 Å². The first kappa shape index (κ1) is 13.4. The lowest BCUT2D eigenvalue weighted by Gasteiger charge is -2.19. The summed E-state index contributed by atoms with van der Waals surface area (Å²) in [5, 5.41) is 0. The fourth-order valence-electron chi connectivity index (χ4n) is 2.69. The van der Waals surface area contributed by atoms with Gasteiger partial charge in [0.2, 0.25) is 0 Å². The summed E-state index contributed by atoms with van der Waals surface area (Å²) in [4.78, 5) is 2.64. The molecule has 0 amide bonds. The summed E-state index contributed by atoms with van der Waals surface area (Å²) < 4.78 is 0. The monoisotopic (exact) mass is 243 g/mol. The molecule has 0 unspecified atom stereocenters. The van der Waals surface area contributed by atoms with Gasteiger partial charge in [-0.1, -0.05) is 49.8 Å². The zero-order valence-corrected chi connectivity index (χ0v) is 11.4. The number of nitrogens with zero attached hydrogens (tertiary/aromatic N) is 1. The Hall–Kier alpha value is -1.08. The highest BCUT2D eigenvalue weighted by molar-refractivity contribution is 5.47. The number of benzene rings is 1. The summed E-state index contributed by atoms with van der Waals surface area (Å²) in [6.45, 7) is 7.68. The van der Waals surface area contributed by atoms with Crippen LogP contribution in [0.3, 0.4) is 0 Å². The third kappa shape index (κ3) is 4.30. The maximum absolute atomic E-state index is 3.79. The first-order valence-electron chi connectivity index (χ1n) is 7.32. The summed E-state index contributed by atoms with van der Waals surface area (Å²) in [5.74, 6) is 0. The third-order valence-electron chi connectivity index (χ3n) is 3.85. The summed E-state index contributed by atoms with van der Waals surface area (Å²) in [5.41, 5.74) is 2.67. The normalized spacial score (nSPS) is 17.3. The lowest BCUT2D eigenvalue weighted by atomic mass is 10.1. The molecule has 1 heterocycles. The van der Waals surface area contributed by atoms with Crippen LogP contribution >= 0.6 is 0 Å². The van der Waals surface area contributed by atoms with Gasteiger partial charge in [0.05, 0.1) is 0 Å². The Bertz CT molecular complexity index is 344. The molecule has 0 radical (unpaired) electrons. The van der Waals surface area contributed by atoms with Crippen molar-refractivity contribution in [3.05, 3.63) is 42.0 Å². The van der Waals surface area contributed by atoms with Crippen molar-refractivity contribution >= 4 is 6.08 Å². The van der Waals surface area contributed by atoms with Crippen LogP contribution in [-0.4, -0.2) is 24.5 Å². The van der Waals surface area contributed by atoms with E-state index in [1.807, 2.05) is 6.08 Å². The summed E-state index contributed by atoms with van der Waals surface area (Å²) in [6.07, 6.45) is 10.0. The van der Waals surface area contributed by atoms with E-state index in [-0.39, 0.29) is 0 Å². The molecule has 18 heavy (non-hydrogen) atoms. The van der Waals surface area contributed by atoms with Gasteiger partial charge >= 0.3 is 0 Å². The van der Waals surface area contributed by atoms with Crippen LogP contribution in [0.2, 0.25) is 0 Å². The largest absolute Gasteiger partial charge is 0.303 e. The molecule has 1 aliphatic rings. The van der Waals surface area contributed by atoms with Crippen LogP contribution in [0, 0.1) is 0 Å². The van der Waals surface area contributed by atoms with E-state index in [1.165, 1.54) is 69.3 Å². The summed E-state index contributed by atoms with van der Waals surface area (Å²) in [6, 6.07) is 8.79. The highest BCUT2D eigenvalue weighted by Crippen LogP contribution is 2.12. The standard InChI is InChI=1S/C17H25N/c1-2-16-9-11-17(12-10-16)8-7-15-18-13-5-3-4-6-14-18/h2,9-12H,1,3-8,13-15H2. The molecular formula is C17H25N. The Labute approximate surface area is 112 Å². The van der Waals surface area contributed by atoms with Crippen molar-refractivity contribution in [1.29, 1.82) is 0 Å². The van der Waals surface area contributed by atoms with Crippen molar-refractivity contribution in [1.82, 2.24) is 4.90 Å². The number of likely N-dealkylation sites (tertiary alicyclic amines) is 1. The van der Waals surface area contributed by atoms with Crippen LogP contribution < -0.4 is 0 Å².